The average Bonchev–Trinajstić information content (AvgIpc) is 2.47. The van der Waals surface area contributed by atoms with E-state index in [0.717, 1.165) is 5.56 Å². The molecular weight excluding hydrogens is 258 g/mol. The molecule has 2 rings (SSSR count). The molecule has 0 saturated heterocycles. The van der Waals surface area contributed by atoms with Crippen LogP contribution < -0.4 is 5.32 Å². The first-order valence-corrected chi connectivity index (χ1v) is 6.59. The highest BCUT2D eigenvalue weighted by Crippen LogP contribution is 2.16. The molecule has 2 aromatic rings. The summed E-state index contributed by atoms with van der Waals surface area (Å²) < 4.78 is 0. The Balaban J connectivity index is 1.86. The van der Waals surface area contributed by atoms with Gasteiger partial charge in [0, 0.05) is 23.8 Å². The third-order valence-corrected chi connectivity index (χ3v) is 3.20. The van der Waals surface area contributed by atoms with Crippen LogP contribution in [0.4, 0.5) is 10.5 Å². The predicted octanol–water partition coefficient (Wildman–Crippen LogP) is 3.42. The van der Waals surface area contributed by atoms with Gasteiger partial charge in [-0.3, -0.25) is 9.78 Å². The number of benzene rings is 1. The molecule has 19 heavy (non-hydrogen) atoms. The fourth-order valence-corrected chi connectivity index (χ4v) is 2.07. The number of hydrogen-bond donors (Lipinski definition) is 1. The van der Waals surface area contributed by atoms with Crippen molar-refractivity contribution in [2.75, 3.05) is 5.32 Å². The van der Waals surface area contributed by atoms with Gasteiger partial charge >= 0.3 is 0 Å². The van der Waals surface area contributed by atoms with Gasteiger partial charge in [0.15, 0.2) is 0 Å². The number of carbonyl (C=O) groups excluding carboxylic acids is 1. The summed E-state index contributed by atoms with van der Waals surface area (Å²) in [6, 6.07) is 12.6. The zero-order valence-corrected chi connectivity index (χ0v) is 10.9. The van der Waals surface area contributed by atoms with Crippen LogP contribution >= 0.6 is 11.8 Å². The summed E-state index contributed by atoms with van der Waals surface area (Å²) in [5.41, 5.74) is 2.26. The fourth-order valence-electron chi connectivity index (χ4n) is 1.41. The van der Waals surface area contributed by atoms with E-state index in [1.54, 1.807) is 36.7 Å². The standard InChI is InChI=1S/C14H11N3OS/c15-8-11-3-5-13(6-4-11)17-14(18)19-10-12-2-1-7-16-9-12/h1-7,9H,10H2,(H,17,18). The van der Waals surface area contributed by atoms with Crippen LogP contribution in [0.1, 0.15) is 11.1 Å². The van der Waals surface area contributed by atoms with Crippen molar-refractivity contribution in [3.8, 4) is 6.07 Å². The lowest BCUT2D eigenvalue weighted by atomic mass is 10.2. The van der Waals surface area contributed by atoms with Crippen molar-refractivity contribution in [3.05, 3.63) is 59.9 Å². The van der Waals surface area contributed by atoms with E-state index in [2.05, 4.69) is 10.3 Å². The van der Waals surface area contributed by atoms with Gasteiger partial charge < -0.3 is 5.32 Å². The number of amides is 1. The van der Waals surface area contributed by atoms with Gasteiger partial charge in [0.2, 0.25) is 0 Å². The quantitative estimate of drug-likeness (QED) is 0.927. The molecule has 94 valence electrons. The van der Waals surface area contributed by atoms with E-state index in [1.165, 1.54) is 11.8 Å². The van der Waals surface area contributed by atoms with Crippen LogP contribution in [-0.2, 0) is 5.75 Å². The van der Waals surface area contributed by atoms with Crippen molar-refractivity contribution in [1.82, 2.24) is 4.98 Å². The van der Waals surface area contributed by atoms with E-state index >= 15 is 0 Å². The zero-order chi connectivity index (χ0) is 13.5. The number of hydrogen-bond acceptors (Lipinski definition) is 4. The third kappa shape index (κ3) is 4.12. The van der Waals surface area contributed by atoms with E-state index in [-0.39, 0.29) is 5.24 Å². The summed E-state index contributed by atoms with van der Waals surface area (Å²) in [6.07, 6.45) is 3.44. The van der Waals surface area contributed by atoms with Gasteiger partial charge in [0.25, 0.3) is 5.24 Å². The Morgan fingerprint density at radius 1 is 1.32 bits per heavy atom. The number of pyridine rings is 1. The molecule has 0 bridgehead atoms. The van der Waals surface area contributed by atoms with Crippen molar-refractivity contribution in [1.29, 1.82) is 5.26 Å². The fraction of sp³-hybridized carbons (Fsp3) is 0.0714. The molecule has 0 radical (unpaired) electrons. The molecule has 0 saturated carbocycles. The van der Waals surface area contributed by atoms with Crippen molar-refractivity contribution in [2.24, 2.45) is 0 Å². The van der Waals surface area contributed by atoms with Gasteiger partial charge in [0.1, 0.15) is 0 Å². The summed E-state index contributed by atoms with van der Waals surface area (Å²) in [4.78, 5) is 15.7. The minimum Gasteiger partial charge on any atom is -0.317 e. The highest BCUT2D eigenvalue weighted by molar-refractivity contribution is 8.13. The van der Waals surface area contributed by atoms with E-state index in [4.69, 9.17) is 5.26 Å². The van der Waals surface area contributed by atoms with Gasteiger partial charge in [0.05, 0.1) is 11.6 Å². The number of thioether (sulfide) groups is 1. The first-order chi connectivity index (χ1) is 9.28. The summed E-state index contributed by atoms with van der Waals surface area (Å²) >= 11 is 1.18. The number of anilines is 1. The van der Waals surface area contributed by atoms with E-state index < -0.39 is 0 Å². The topological polar surface area (TPSA) is 65.8 Å². The maximum absolute atomic E-state index is 11.7. The maximum atomic E-state index is 11.7. The minimum absolute atomic E-state index is 0.131. The summed E-state index contributed by atoms with van der Waals surface area (Å²) in [6.45, 7) is 0. The number of rotatable bonds is 3. The smallest absolute Gasteiger partial charge is 0.283 e. The number of aromatic nitrogens is 1. The van der Waals surface area contributed by atoms with Crippen LogP contribution in [-0.4, -0.2) is 10.2 Å². The van der Waals surface area contributed by atoms with Gasteiger partial charge in [-0.15, -0.1) is 0 Å². The Bertz CT molecular complexity index is 590. The Labute approximate surface area is 115 Å². The Morgan fingerprint density at radius 3 is 2.74 bits per heavy atom. The minimum atomic E-state index is -0.131. The molecule has 1 amide bonds. The zero-order valence-electron chi connectivity index (χ0n) is 10.0. The monoisotopic (exact) mass is 269 g/mol. The van der Waals surface area contributed by atoms with Crippen molar-refractivity contribution in [2.45, 2.75) is 5.75 Å². The average molecular weight is 269 g/mol. The first-order valence-electron chi connectivity index (χ1n) is 5.61. The van der Waals surface area contributed by atoms with Gasteiger partial charge in [-0.05, 0) is 35.9 Å². The normalized spacial score (nSPS) is 9.63. The molecule has 1 aromatic heterocycles. The lowest BCUT2D eigenvalue weighted by Gasteiger charge is -2.04. The Hall–Kier alpha value is -2.32. The summed E-state index contributed by atoms with van der Waals surface area (Å²) in [5.74, 6) is 0.579. The molecule has 0 fully saturated rings. The van der Waals surface area contributed by atoms with Gasteiger partial charge in [-0.2, -0.15) is 5.26 Å². The molecule has 0 spiro atoms. The van der Waals surface area contributed by atoms with Crippen molar-refractivity contribution < 1.29 is 4.79 Å². The first kappa shape index (κ1) is 13.1. The van der Waals surface area contributed by atoms with Crippen LogP contribution in [0.25, 0.3) is 0 Å². The Morgan fingerprint density at radius 2 is 2.11 bits per heavy atom. The molecule has 0 unspecified atom stereocenters. The van der Waals surface area contributed by atoms with Crippen molar-refractivity contribution >= 4 is 22.7 Å². The highest BCUT2D eigenvalue weighted by Gasteiger charge is 2.04. The number of nitrogens with one attached hydrogen (secondary N) is 1. The van der Waals surface area contributed by atoms with Crippen LogP contribution in [0.3, 0.4) is 0 Å². The number of nitriles is 1. The predicted molar refractivity (Wildman–Crippen MR) is 75.7 cm³/mol. The van der Waals surface area contributed by atoms with E-state index in [9.17, 15) is 4.79 Å². The molecule has 1 heterocycles. The maximum Gasteiger partial charge on any atom is 0.283 e. The van der Waals surface area contributed by atoms with Crippen molar-refractivity contribution in [3.63, 3.8) is 0 Å². The summed E-state index contributed by atoms with van der Waals surface area (Å²) in [5, 5.41) is 11.3. The highest BCUT2D eigenvalue weighted by atomic mass is 32.2. The third-order valence-electron chi connectivity index (χ3n) is 2.35. The molecule has 1 N–H and O–H groups in total. The second-order valence-corrected chi connectivity index (χ2v) is 4.70. The number of carbonyl (C=O) groups is 1. The van der Waals surface area contributed by atoms with Gasteiger partial charge in [-0.25, -0.2) is 0 Å². The molecule has 0 atom stereocenters. The largest absolute Gasteiger partial charge is 0.317 e. The second kappa shape index (κ2) is 6.57. The molecular formula is C14H11N3OS. The van der Waals surface area contributed by atoms with E-state index in [0.29, 0.717) is 17.0 Å². The summed E-state index contributed by atoms with van der Waals surface area (Å²) in [7, 11) is 0. The molecule has 0 aliphatic heterocycles. The van der Waals surface area contributed by atoms with Crippen LogP contribution in [0, 0.1) is 11.3 Å². The van der Waals surface area contributed by atoms with Crippen LogP contribution in [0.2, 0.25) is 0 Å². The molecule has 5 heteroatoms. The second-order valence-electron chi connectivity index (χ2n) is 3.75. The lowest BCUT2D eigenvalue weighted by Crippen LogP contribution is -2.05. The number of nitrogens with zero attached hydrogens (tertiary/aromatic N) is 2. The van der Waals surface area contributed by atoms with Crippen LogP contribution in [0.5, 0.6) is 0 Å². The molecule has 0 aliphatic carbocycles. The van der Waals surface area contributed by atoms with Crippen LogP contribution in [0.15, 0.2) is 48.8 Å². The molecule has 1 aromatic carbocycles. The van der Waals surface area contributed by atoms with Gasteiger partial charge in [-0.1, -0.05) is 17.8 Å². The Kier molecular flexibility index (Phi) is 4.54. The molecule has 4 nitrogen and oxygen atoms in total. The SMILES string of the molecule is N#Cc1ccc(NC(=O)SCc2cccnc2)cc1. The lowest BCUT2D eigenvalue weighted by molar-refractivity contribution is 0.269. The molecule has 0 aliphatic rings. The van der Waals surface area contributed by atoms with E-state index in [1.807, 2.05) is 18.2 Å².